The quantitative estimate of drug-likeness (QED) is 0.293. The summed E-state index contributed by atoms with van der Waals surface area (Å²) in [7, 11) is 2.04. The van der Waals surface area contributed by atoms with Crippen LogP contribution < -0.4 is 16.2 Å². The number of carbonyl (C=O) groups is 1. The first-order chi connectivity index (χ1) is 17.9. The standard InChI is InChI=1S/C26H23FN8O2/c1-34-8-9-35-17(14-34)12-24(33-35)29-23-13-20(31-32-26(23)37)16-6-7-18(27)21(10-16)30-25(36)22-11-15-4-2-3-5-19(15)28-22/h2-7,10-13,28H,8-9,14H2,1H3,(H,30,36)(H,32,37)(H,29,31,33). The maximum atomic E-state index is 14.6. The fourth-order valence-corrected chi connectivity index (χ4v) is 4.41. The molecule has 4 heterocycles. The Morgan fingerprint density at radius 3 is 2.78 bits per heavy atom. The number of fused-ring (bicyclic) bond motifs is 2. The van der Waals surface area contributed by atoms with E-state index in [9.17, 15) is 14.0 Å². The molecule has 186 valence electrons. The Morgan fingerprint density at radius 1 is 1.05 bits per heavy atom. The Morgan fingerprint density at radius 2 is 1.92 bits per heavy atom. The normalized spacial score (nSPS) is 13.5. The van der Waals surface area contributed by atoms with Gasteiger partial charge < -0.3 is 15.6 Å². The van der Waals surface area contributed by atoms with Gasteiger partial charge >= 0.3 is 0 Å². The smallest absolute Gasteiger partial charge is 0.287 e. The lowest BCUT2D eigenvalue weighted by atomic mass is 10.1. The van der Waals surface area contributed by atoms with Crippen LogP contribution in [0.2, 0.25) is 0 Å². The number of anilines is 3. The van der Waals surface area contributed by atoms with Crippen LogP contribution in [0.15, 0.2) is 65.5 Å². The van der Waals surface area contributed by atoms with Gasteiger partial charge in [-0.05, 0) is 43.4 Å². The summed E-state index contributed by atoms with van der Waals surface area (Å²) in [4.78, 5) is 30.5. The van der Waals surface area contributed by atoms with Crippen LogP contribution in [0.4, 0.5) is 21.6 Å². The topological polar surface area (TPSA) is 124 Å². The monoisotopic (exact) mass is 498 g/mol. The van der Waals surface area contributed by atoms with E-state index in [2.05, 4.69) is 35.8 Å². The molecule has 1 amide bonds. The molecule has 11 heteroatoms. The average molecular weight is 499 g/mol. The van der Waals surface area contributed by atoms with Crippen LogP contribution >= 0.6 is 0 Å². The lowest BCUT2D eigenvalue weighted by Crippen LogP contribution is -2.30. The Balaban J connectivity index is 1.25. The second kappa shape index (κ2) is 9.03. The van der Waals surface area contributed by atoms with Crippen LogP contribution in [0.5, 0.6) is 0 Å². The third-order valence-corrected chi connectivity index (χ3v) is 6.34. The highest BCUT2D eigenvalue weighted by Gasteiger charge is 2.17. The molecule has 4 N–H and O–H groups in total. The highest BCUT2D eigenvalue weighted by atomic mass is 19.1. The largest absolute Gasteiger partial charge is 0.351 e. The Labute approximate surface area is 210 Å². The Hall–Kier alpha value is -4.77. The first-order valence-electron chi connectivity index (χ1n) is 11.7. The molecular weight excluding hydrogens is 475 g/mol. The maximum absolute atomic E-state index is 14.6. The number of nitrogens with one attached hydrogen (secondary N) is 4. The summed E-state index contributed by atoms with van der Waals surface area (Å²) < 4.78 is 16.5. The predicted molar refractivity (Wildman–Crippen MR) is 138 cm³/mol. The number of hydrogen-bond donors (Lipinski definition) is 4. The van der Waals surface area contributed by atoms with Crippen LogP contribution in [-0.2, 0) is 13.1 Å². The molecule has 0 fully saturated rings. The first kappa shape index (κ1) is 22.7. The SMILES string of the molecule is CN1CCn2nc(Nc3cc(-c4ccc(F)c(NC(=O)c5cc6ccccc6[nH]5)c4)n[nH]c3=O)cc2C1. The van der Waals surface area contributed by atoms with Crippen molar-refractivity contribution in [2.75, 3.05) is 24.2 Å². The molecule has 37 heavy (non-hydrogen) atoms. The zero-order chi connectivity index (χ0) is 25.5. The first-order valence-corrected chi connectivity index (χ1v) is 11.7. The number of aromatic amines is 2. The van der Waals surface area contributed by atoms with E-state index in [4.69, 9.17) is 0 Å². The van der Waals surface area contributed by atoms with Crippen molar-refractivity contribution < 1.29 is 9.18 Å². The van der Waals surface area contributed by atoms with Crippen molar-refractivity contribution >= 4 is 34.0 Å². The van der Waals surface area contributed by atoms with E-state index in [1.54, 1.807) is 12.1 Å². The minimum atomic E-state index is -0.593. The molecule has 2 aromatic carbocycles. The third kappa shape index (κ3) is 4.47. The van der Waals surface area contributed by atoms with Gasteiger partial charge in [0.25, 0.3) is 11.5 Å². The number of benzene rings is 2. The van der Waals surface area contributed by atoms with Gasteiger partial charge in [-0.1, -0.05) is 18.2 Å². The highest BCUT2D eigenvalue weighted by molar-refractivity contribution is 6.06. The van der Waals surface area contributed by atoms with Crippen LogP contribution in [-0.4, -0.2) is 49.4 Å². The fraction of sp³-hybridized carbons (Fsp3) is 0.154. The third-order valence-electron chi connectivity index (χ3n) is 6.34. The molecule has 0 unspecified atom stereocenters. The Bertz CT molecular complexity index is 1670. The number of likely N-dealkylation sites (N-methyl/N-ethyl adjacent to an activating group) is 1. The number of H-pyrrole nitrogens is 2. The van der Waals surface area contributed by atoms with Crippen molar-refractivity contribution in [2.45, 2.75) is 13.1 Å². The molecular formula is C26H23FN8O2. The molecule has 0 aliphatic carbocycles. The molecule has 0 saturated heterocycles. The number of halogens is 1. The number of hydrogen-bond acceptors (Lipinski definition) is 6. The van der Waals surface area contributed by atoms with Gasteiger partial charge in [-0.3, -0.25) is 19.2 Å². The van der Waals surface area contributed by atoms with Gasteiger partial charge in [-0.15, -0.1) is 0 Å². The zero-order valence-corrected chi connectivity index (χ0v) is 19.9. The van der Waals surface area contributed by atoms with E-state index in [0.29, 0.717) is 22.8 Å². The van der Waals surface area contributed by atoms with Crippen molar-refractivity contribution in [1.29, 1.82) is 0 Å². The molecule has 0 spiro atoms. The van der Waals surface area contributed by atoms with E-state index in [-0.39, 0.29) is 11.4 Å². The molecule has 10 nitrogen and oxygen atoms in total. The van der Waals surface area contributed by atoms with E-state index in [0.717, 1.165) is 36.2 Å². The predicted octanol–water partition coefficient (Wildman–Crippen LogP) is 3.70. The van der Waals surface area contributed by atoms with E-state index < -0.39 is 17.3 Å². The average Bonchev–Trinajstić information content (AvgIpc) is 3.50. The molecule has 0 atom stereocenters. The maximum Gasteiger partial charge on any atom is 0.287 e. The Kier molecular flexibility index (Phi) is 5.53. The second-order valence-electron chi connectivity index (χ2n) is 9.02. The summed E-state index contributed by atoms with van der Waals surface area (Å²) in [5.41, 5.74) is 2.91. The summed E-state index contributed by atoms with van der Waals surface area (Å²) in [5, 5.41) is 17.7. The summed E-state index contributed by atoms with van der Waals surface area (Å²) in [6.07, 6.45) is 0. The molecule has 5 aromatic rings. The van der Waals surface area contributed by atoms with Gasteiger partial charge in [0.2, 0.25) is 0 Å². The number of rotatable bonds is 5. The van der Waals surface area contributed by atoms with Crippen molar-refractivity contribution in [1.82, 2.24) is 29.9 Å². The number of carbonyl (C=O) groups excluding carboxylic acids is 1. The van der Waals surface area contributed by atoms with Gasteiger partial charge in [-0.2, -0.15) is 10.2 Å². The van der Waals surface area contributed by atoms with Crippen molar-refractivity contribution in [3.05, 3.63) is 88.2 Å². The minimum absolute atomic E-state index is 0.00504. The lowest BCUT2D eigenvalue weighted by Gasteiger charge is -2.22. The molecule has 1 aliphatic heterocycles. The molecule has 0 saturated carbocycles. The number of nitrogens with zero attached hydrogens (tertiary/aromatic N) is 4. The summed E-state index contributed by atoms with van der Waals surface area (Å²) in [5.74, 6) is -0.513. The van der Waals surface area contributed by atoms with Gasteiger partial charge in [0.1, 0.15) is 17.2 Å². The van der Waals surface area contributed by atoms with E-state index in [1.165, 1.54) is 18.2 Å². The van der Waals surface area contributed by atoms with Crippen LogP contribution in [0.25, 0.3) is 22.2 Å². The van der Waals surface area contributed by atoms with Crippen molar-refractivity contribution in [2.24, 2.45) is 0 Å². The summed E-state index contributed by atoms with van der Waals surface area (Å²) >= 11 is 0. The second-order valence-corrected chi connectivity index (χ2v) is 9.02. The zero-order valence-electron chi connectivity index (χ0n) is 19.9. The highest BCUT2D eigenvalue weighted by Crippen LogP contribution is 2.26. The van der Waals surface area contributed by atoms with Crippen LogP contribution in [0.1, 0.15) is 16.2 Å². The molecule has 1 aliphatic rings. The van der Waals surface area contributed by atoms with Crippen molar-refractivity contribution in [3.63, 3.8) is 0 Å². The fourth-order valence-electron chi connectivity index (χ4n) is 4.41. The molecule has 6 rings (SSSR count). The summed E-state index contributed by atoms with van der Waals surface area (Å²) in [6, 6.07) is 16.9. The van der Waals surface area contributed by atoms with E-state index in [1.807, 2.05) is 42.1 Å². The molecule has 0 radical (unpaired) electrons. The molecule has 0 bridgehead atoms. The summed E-state index contributed by atoms with van der Waals surface area (Å²) in [6.45, 7) is 2.45. The van der Waals surface area contributed by atoms with Gasteiger partial charge in [0.05, 0.1) is 23.6 Å². The number of aromatic nitrogens is 5. The number of para-hydroxylation sites is 1. The number of amides is 1. The van der Waals surface area contributed by atoms with Crippen LogP contribution in [0.3, 0.4) is 0 Å². The van der Waals surface area contributed by atoms with Gasteiger partial charge in [0.15, 0.2) is 5.82 Å². The lowest BCUT2D eigenvalue weighted by molar-refractivity contribution is 0.102. The van der Waals surface area contributed by atoms with Crippen molar-refractivity contribution in [3.8, 4) is 11.3 Å². The van der Waals surface area contributed by atoms with Gasteiger partial charge in [0, 0.05) is 35.6 Å². The van der Waals surface area contributed by atoms with Gasteiger partial charge in [-0.25, -0.2) is 9.49 Å². The molecule has 3 aromatic heterocycles. The van der Waals surface area contributed by atoms with Crippen LogP contribution in [0, 0.1) is 5.82 Å². The van der Waals surface area contributed by atoms with E-state index >= 15 is 0 Å². The minimum Gasteiger partial charge on any atom is -0.351 e.